The summed E-state index contributed by atoms with van der Waals surface area (Å²) in [7, 11) is 1.65. The summed E-state index contributed by atoms with van der Waals surface area (Å²) in [5.41, 5.74) is 21.9. The Balaban J connectivity index is 0. The zero-order valence-electron chi connectivity index (χ0n) is 19.5. The second kappa shape index (κ2) is 21.8. The molecule has 35 heavy (non-hydrogen) atoms. The maximum Gasteiger partial charge on any atom is 0.320 e. The highest BCUT2D eigenvalue weighted by molar-refractivity contribution is 6.36. The van der Waals surface area contributed by atoms with Crippen LogP contribution < -0.4 is 27.7 Å². The Hall–Kier alpha value is -2.73. The van der Waals surface area contributed by atoms with Gasteiger partial charge in [0.25, 0.3) is 0 Å². The Morgan fingerprint density at radius 1 is 1.06 bits per heavy atom. The summed E-state index contributed by atoms with van der Waals surface area (Å²) in [6.07, 6.45) is 2.86. The van der Waals surface area contributed by atoms with Crippen LogP contribution >= 0.6 is 23.2 Å². The summed E-state index contributed by atoms with van der Waals surface area (Å²) in [4.78, 5) is 29.6. The summed E-state index contributed by atoms with van der Waals surface area (Å²) in [6, 6.07) is 11.8. The zero-order chi connectivity index (χ0) is 27.2. The zero-order valence-corrected chi connectivity index (χ0v) is 21.0. The summed E-state index contributed by atoms with van der Waals surface area (Å²) < 4.78 is 5.06. The maximum atomic E-state index is 10.2. The fourth-order valence-corrected chi connectivity index (χ4v) is 2.55. The number of carboxylic acid groups (broad SMARTS) is 2. The van der Waals surface area contributed by atoms with Crippen molar-refractivity contribution in [3.05, 3.63) is 63.6 Å². The highest BCUT2D eigenvalue weighted by atomic mass is 35.5. The molecule has 0 radical (unpaired) electrons. The molecule has 10 nitrogen and oxygen atoms in total. The number of halogens is 2. The van der Waals surface area contributed by atoms with Gasteiger partial charge in [0, 0.05) is 22.7 Å². The first kappa shape index (κ1) is 34.4. The van der Waals surface area contributed by atoms with Gasteiger partial charge >= 0.3 is 11.9 Å². The number of ether oxygens (including phenoxy) is 1. The van der Waals surface area contributed by atoms with Crippen LogP contribution in [0, 0.1) is 0 Å². The molecule has 0 fully saturated rings. The first-order valence-corrected chi connectivity index (χ1v) is 11.2. The Bertz CT molecular complexity index is 864. The van der Waals surface area contributed by atoms with Gasteiger partial charge in [0.1, 0.15) is 11.8 Å². The number of carbonyl (C=O) groups is 3. The number of hydrogen-bond donors (Lipinski definition) is 6. The van der Waals surface area contributed by atoms with Crippen LogP contribution in [0.2, 0.25) is 10.0 Å². The topological polar surface area (TPSA) is 205 Å². The van der Waals surface area contributed by atoms with Crippen LogP contribution in [-0.4, -0.2) is 54.7 Å². The van der Waals surface area contributed by atoms with Gasteiger partial charge in [-0.2, -0.15) is 0 Å². The third-order valence-electron chi connectivity index (χ3n) is 3.96. The normalized spacial score (nSPS) is 10.1. The van der Waals surface area contributed by atoms with Crippen LogP contribution in [0.5, 0.6) is 5.75 Å². The lowest BCUT2D eigenvalue weighted by Gasteiger charge is -2.03. The molecule has 0 spiro atoms. The molecule has 12 heteroatoms. The van der Waals surface area contributed by atoms with E-state index in [0.717, 1.165) is 24.2 Å². The number of para-hydroxylation sites is 1. The smallest absolute Gasteiger partial charge is 0.320 e. The van der Waals surface area contributed by atoms with E-state index in [0.29, 0.717) is 41.4 Å². The van der Waals surface area contributed by atoms with Gasteiger partial charge in [0.2, 0.25) is 0 Å². The van der Waals surface area contributed by atoms with Crippen molar-refractivity contribution in [2.75, 3.05) is 20.2 Å². The van der Waals surface area contributed by atoms with Gasteiger partial charge in [-0.15, -0.1) is 0 Å². The molecule has 0 aliphatic heterocycles. The van der Waals surface area contributed by atoms with Crippen molar-refractivity contribution in [1.82, 2.24) is 0 Å². The third-order valence-corrected chi connectivity index (χ3v) is 4.53. The van der Waals surface area contributed by atoms with E-state index >= 15 is 0 Å². The lowest BCUT2D eigenvalue weighted by molar-refractivity contribution is -0.138. The van der Waals surface area contributed by atoms with Crippen LogP contribution in [0.4, 0.5) is 0 Å². The average molecular weight is 533 g/mol. The molecule has 0 unspecified atom stereocenters. The van der Waals surface area contributed by atoms with E-state index in [-0.39, 0.29) is 6.54 Å². The number of methoxy groups -OCH3 is 1. The van der Waals surface area contributed by atoms with Crippen LogP contribution in [0.1, 0.15) is 35.2 Å². The van der Waals surface area contributed by atoms with Gasteiger partial charge in [0.05, 0.1) is 18.7 Å². The maximum absolute atomic E-state index is 10.2. The lowest BCUT2D eigenvalue weighted by atomic mass is 10.1. The van der Waals surface area contributed by atoms with E-state index in [4.69, 9.17) is 55.4 Å². The minimum absolute atomic E-state index is 0.278. The quantitative estimate of drug-likeness (QED) is 0.205. The highest BCUT2D eigenvalue weighted by Gasteiger charge is 2.09. The number of nitrogens with two attached hydrogens (primary N) is 4. The van der Waals surface area contributed by atoms with E-state index < -0.39 is 18.0 Å². The summed E-state index contributed by atoms with van der Waals surface area (Å²) in [5.74, 6) is -1.04. The van der Waals surface area contributed by atoms with Crippen molar-refractivity contribution in [2.45, 2.75) is 31.8 Å². The van der Waals surface area contributed by atoms with Gasteiger partial charge < -0.3 is 37.9 Å². The van der Waals surface area contributed by atoms with Crippen LogP contribution in [0.3, 0.4) is 0 Å². The Morgan fingerprint density at radius 3 is 2.06 bits per heavy atom. The van der Waals surface area contributed by atoms with Crippen molar-refractivity contribution in [3.8, 4) is 5.75 Å². The molecule has 196 valence electrons. The van der Waals surface area contributed by atoms with E-state index in [1.807, 2.05) is 24.3 Å². The Morgan fingerprint density at radius 2 is 1.66 bits per heavy atom. The Kier molecular flexibility index (Phi) is 21.4. The molecule has 0 bridgehead atoms. The number of unbranched alkanes of at least 4 members (excludes halogenated alkanes) is 1. The molecule has 0 saturated carbocycles. The SMILES string of the molecule is COc1ccccc1CN.NCC(=O)O.NCCCC[C@@H](N)C(=O)O.O=Cc1ccc(Cl)cc1Cl. The third kappa shape index (κ3) is 18.3. The molecule has 10 N–H and O–H groups in total. The summed E-state index contributed by atoms with van der Waals surface area (Å²) in [6.45, 7) is 0.857. The van der Waals surface area contributed by atoms with Crippen LogP contribution in [0.25, 0.3) is 0 Å². The van der Waals surface area contributed by atoms with Gasteiger partial charge in [-0.3, -0.25) is 14.4 Å². The number of rotatable bonds is 9. The number of benzene rings is 2. The summed E-state index contributed by atoms with van der Waals surface area (Å²) >= 11 is 11.2. The molecule has 0 aliphatic carbocycles. The minimum Gasteiger partial charge on any atom is -0.496 e. The van der Waals surface area contributed by atoms with Crippen molar-refractivity contribution in [2.24, 2.45) is 22.9 Å². The molecule has 0 saturated heterocycles. The molecule has 0 aliphatic rings. The van der Waals surface area contributed by atoms with Crippen LogP contribution in [-0.2, 0) is 16.1 Å². The van der Waals surface area contributed by atoms with Gasteiger partial charge in [-0.1, -0.05) is 47.8 Å². The monoisotopic (exact) mass is 532 g/mol. The number of carbonyl (C=O) groups excluding carboxylic acids is 1. The van der Waals surface area contributed by atoms with Gasteiger partial charge in [-0.05, 0) is 43.7 Å². The fraction of sp³-hybridized carbons (Fsp3) is 0.348. The fourth-order valence-electron chi connectivity index (χ4n) is 2.10. The molecule has 2 aromatic carbocycles. The number of carboxylic acids is 2. The lowest BCUT2D eigenvalue weighted by Crippen LogP contribution is -2.29. The molecular weight excluding hydrogens is 499 g/mol. The molecule has 0 heterocycles. The van der Waals surface area contributed by atoms with Gasteiger partial charge in [0.15, 0.2) is 6.29 Å². The second-order valence-electron chi connectivity index (χ2n) is 6.63. The average Bonchev–Trinajstić information content (AvgIpc) is 2.85. The molecule has 0 amide bonds. The number of aldehydes is 1. The molecule has 2 aromatic rings. The first-order chi connectivity index (χ1) is 16.6. The molecule has 1 atom stereocenters. The predicted molar refractivity (Wildman–Crippen MR) is 138 cm³/mol. The van der Waals surface area contributed by atoms with Crippen LogP contribution in [0.15, 0.2) is 42.5 Å². The first-order valence-electron chi connectivity index (χ1n) is 10.4. The molecular formula is C23H34Cl2N4O6. The highest BCUT2D eigenvalue weighted by Crippen LogP contribution is 2.19. The van der Waals surface area contributed by atoms with E-state index in [1.165, 1.54) is 6.07 Å². The van der Waals surface area contributed by atoms with Gasteiger partial charge in [-0.25, -0.2) is 0 Å². The number of aliphatic carboxylic acids is 2. The van der Waals surface area contributed by atoms with Crippen molar-refractivity contribution in [1.29, 1.82) is 0 Å². The van der Waals surface area contributed by atoms with Crippen molar-refractivity contribution in [3.63, 3.8) is 0 Å². The largest absolute Gasteiger partial charge is 0.496 e. The summed E-state index contributed by atoms with van der Waals surface area (Å²) in [5, 5.41) is 16.9. The second-order valence-corrected chi connectivity index (χ2v) is 7.47. The van der Waals surface area contributed by atoms with Crippen molar-refractivity contribution < 1.29 is 29.3 Å². The molecule has 0 aromatic heterocycles. The number of hydrogen-bond acceptors (Lipinski definition) is 8. The predicted octanol–water partition coefficient (Wildman–Crippen LogP) is 2.52. The Labute approximate surface area is 215 Å². The van der Waals surface area contributed by atoms with E-state index in [1.54, 1.807) is 19.2 Å². The standard InChI is InChI=1S/C8H11NO.C7H4Cl2O.C6H14N2O2.C2H5NO2/c1-10-8-5-3-2-4-7(8)6-9;8-6-2-1-5(4-10)7(9)3-6;7-4-2-1-3-5(8)6(9)10;3-1-2(4)5/h2-5H,6,9H2,1H3;1-4H;5H,1-4,7-8H2,(H,9,10);1,3H2,(H,4,5)/t;;5-;/m..1./s1. The van der Waals surface area contributed by atoms with E-state index in [2.05, 4.69) is 5.73 Å². The van der Waals surface area contributed by atoms with E-state index in [9.17, 15) is 14.4 Å². The van der Waals surface area contributed by atoms with Crippen molar-refractivity contribution >= 4 is 41.4 Å². The molecule has 2 rings (SSSR count). The minimum atomic E-state index is -0.968.